The molecule has 2 aromatic rings. The van der Waals surface area contributed by atoms with Crippen LogP contribution in [0.1, 0.15) is 30.4 Å². The van der Waals surface area contributed by atoms with Gasteiger partial charge in [0, 0.05) is 16.6 Å². The number of hydrogen-bond donors (Lipinski definition) is 1. The maximum Gasteiger partial charge on any atom is 0.237 e. The van der Waals surface area contributed by atoms with Crippen LogP contribution in [0.25, 0.3) is 0 Å². The molecule has 0 aromatic heterocycles. The zero-order chi connectivity index (χ0) is 18.0. The minimum absolute atomic E-state index is 0.0520. The fraction of sp³-hybridized carbons (Fsp3) is 0.300. The normalized spacial score (nSPS) is 19.4. The Labute approximate surface area is 152 Å². The van der Waals surface area contributed by atoms with Crippen LogP contribution in [0.2, 0.25) is 0 Å². The van der Waals surface area contributed by atoms with Crippen molar-refractivity contribution in [3.8, 4) is 0 Å². The summed E-state index contributed by atoms with van der Waals surface area (Å²) in [7, 11) is 0. The summed E-state index contributed by atoms with van der Waals surface area (Å²) in [6, 6.07) is 15.6. The van der Waals surface area contributed by atoms with Gasteiger partial charge < -0.3 is 10.6 Å². The van der Waals surface area contributed by atoms with Crippen molar-refractivity contribution < 1.29 is 9.59 Å². The number of anilines is 1. The van der Waals surface area contributed by atoms with E-state index in [2.05, 4.69) is 0 Å². The first kappa shape index (κ1) is 17.5. The number of nitrogens with two attached hydrogens (primary N) is 1. The maximum absolute atomic E-state index is 12.9. The van der Waals surface area contributed by atoms with E-state index in [4.69, 9.17) is 5.73 Å². The van der Waals surface area contributed by atoms with Crippen LogP contribution in [0.15, 0.2) is 53.4 Å². The molecule has 0 aliphatic carbocycles. The molecule has 2 amide bonds. The lowest BCUT2D eigenvalue weighted by molar-refractivity contribution is -0.121. The number of nitrogens with zero attached hydrogens (tertiary/aromatic N) is 1. The SMILES string of the molecule is Cc1ccccc1SCC(=O)N1c2ccccc2C(C(N)=O)CC1C. The molecule has 25 heavy (non-hydrogen) atoms. The monoisotopic (exact) mass is 354 g/mol. The van der Waals surface area contributed by atoms with Crippen molar-refractivity contribution in [3.63, 3.8) is 0 Å². The maximum atomic E-state index is 12.9. The molecule has 2 N–H and O–H groups in total. The van der Waals surface area contributed by atoms with Crippen LogP contribution < -0.4 is 10.6 Å². The first-order valence-electron chi connectivity index (χ1n) is 8.37. The standard InChI is InChI=1S/C20H22N2O2S/c1-13-7-3-6-10-18(13)25-12-19(23)22-14(2)11-16(20(21)24)15-8-4-5-9-17(15)22/h3-10,14,16H,11-12H2,1-2H3,(H2,21,24). The van der Waals surface area contributed by atoms with Crippen LogP contribution >= 0.6 is 11.8 Å². The lowest BCUT2D eigenvalue weighted by Gasteiger charge is -2.38. The van der Waals surface area contributed by atoms with Gasteiger partial charge in [-0.1, -0.05) is 36.4 Å². The van der Waals surface area contributed by atoms with Crippen molar-refractivity contribution in [2.24, 2.45) is 5.73 Å². The van der Waals surface area contributed by atoms with E-state index in [0.717, 1.165) is 16.1 Å². The van der Waals surface area contributed by atoms with Crippen molar-refractivity contribution >= 4 is 29.3 Å². The van der Waals surface area contributed by atoms with E-state index in [-0.39, 0.29) is 23.8 Å². The van der Waals surface area contributed by atoms with Gasteiger partial charge in [-0.25, -0.2) is 0 Å². The highest BCUT2D eigenvalue weighted by atomic mass is 32.2. The molecule has 0 saturated heterocycles. The number of thioether (sulfide) groups is 1. The first-order valence-corrected chi connectivity index (χ1v) is 9.36. The number of hydrogen-bond acceptors (Lipinski definition) is 3. The molecule has 0 saturated carbocycles. The number of primary amides is 1. The molecule has 0 fully saturated rings. The van der Waals surface area contributed by atoms with E-state index in [1.807, 2.05) is 67.3 Å². The third kappa shape index (κ3) is 3.56. The minimum Gasteiger partial charge on any atom is -0.369 e. The number of para-hydroxylation sites is 1. The Balaban J connectivity index is 1.83. The van der Waals surface area contributed by atoms with Crippen LogP contribution in [-0.4, -0.2) is 23.6 Å². The Hall–Kier alpha value is -2.27. The predicted octanol–water partition coefficient (Wildman–Crippen LogP) is 3.48. The number of amides is 2. The summed E-state index contributed by atoms with van der Waals surface area (Å²) < 4.78 is 0. The minimum atomic E-state index is -0.334. The highest BCUT2D eigenvalue weighted by Gasteiger charge is 2.35. The second kappa shape index (κ2) is 7.31. The Morgan fingerprint density at radius 2 is 1.84 bits per heavy atom. The first-order chi connectivity index (χ1) is 12.0. The number of carbonyl (C=O) groups is 2. The molecule has 0 bridgehead atoms. The summed E-state index contributed by atoms with van der Waals surface area (Å²) >= 11 is 1.55. The quantitative estimate of drug-likeness (QED) is 0.855. The molecule has 1 aliphatic heterocycles. The van der Waals surface area contributed by atoms with E-state index < -0.39 is 0 Å². The highest BCUT2D eigenvalue weighted by Crippen LogP contribution is 2.38. The zero-order valence-electron chi connectivity index (χ0n) is 14.4. The fourth-order valence-electron chi connectivity index (χ4n) is 3.39. The van der Waals surface area contributed by atoms with Crippen LogP contribution in [0, 0.1) is 6.92 Å². The van der Waals surface area contributed by atoms with Crippen molar-refractivity contribution in [1.29, 1.82) is 0 Å². The second-order valence-corrected chi connectivity index (χ2v) is 7.43. The summed E-state index contributed by atoms with van der Waals surface area (Å²) in [4.78, 5) is 27.7. The third-order valence-electron chi connectivity index (χ3n) is 4.65. The van der Waals surface area contributed by atoms with E-state index in [0.29, 0.717) is 12.2 Å². The molecule has 4 nitrogen and oxygen atoms in total. The van der Waals surface area contributed by atoms with Crippen LogP contribution in [0.5, 0.6) is 0 Å². The molecule has 5 heteroatoms. The van der Waals surface area contributed by atoms with E-state index in [9.17, 15) is 9.59 Å². The number of aryl methyl sites for hydroxylation is 1. The summed E-state index contributed by atoms with van der Waals surface area (Å²) in [5.74, 6) is -0.249. The molecule has 0 spiro atoms. The topological polar surface area (TPSA) is 63.4 Å². The third-order valence-corrected chi connectivity index (χ3v) is 5.81. The molecule has 130 valence electrons. The van der Waals surface area contributed by atoms with Gasteiger partial charge in [-0.2, -0.15) is 0 Å². The van der Waals surface area contributed by atoms with Crippen molar-refractivity contribution in [2.75, 3.05) is 10.7 Å². The van der Waals surface area contributed by atoms with Crippen molar-refractivity contribution in [1.82, 2.24) is 0 Å². The lowest BCUT2D eigenvalue weighted by atomic mass is 9.85. The molecule has 3 rings (SSSR count). The summed E-state index contributed by atoms with van der Waals surface area (Å²) in [5, 5.41) is 0. The number of fused-ring (bicyclic) bond motifs is 1. The van der Waals surface area contributed by atoms with E-state index >= 15 is 0 Å². The predicted molar refractivity (Wildman–Crippen MR) is 102 cm³/mol. The highest BCUT2D eigenvalue weighted by molar-refractivity contribution is 8.00. The van der Waals surface area contributed by atoms with Crippen LogP contribution in [-0.2, 0) is 9.59 Å². The molecule has 2 atom stereocenters. The van der Waals surface area contributed by atoms with Gasteiger partial charge in [0.25, 0.3) is 0 Å². The Morgan fingerprint density at radius 3 is 2.56 bits per heavy atom. The zero-order valence-corrected chi connectivity index (χ0v) is 15.3. The molecule has 2 unspecified atom stereocenters. The van der Waals surface area contributed by atoms with Gasteiger partial charge in [0.2, 0.25) is 11.8 Å². The van der Waals surface area contributed by atoms with Gasteiger partial charge in [0.1, 0.15) is 0 Å². The van der Waals surface area contributed by atoms with E-state index in [1.165, 1.54) is 5.56 Å². The molecule has 2 aromatic carbocycles. The Bertz CT molecular complexity index is 806. The molecular formula is C20H22N2O2S. The van der Waals surface area contributed by atoms with Crippen molar-refractivity contribution in [2.45, 2.75) is 37.1 Å². The largest absolute Gasteiger partial charge is 0.369 e. The number of carbonyl (C=O) groups excluding carboxylic acids is 2. The lowest BCUT2D eigenvalue weighted by Crippen LogP contribution is -2.46. The number of benzene rings is 2. The average Bonchev–Trinajstić information content (AvgIpc) is 2.60. The summed E-state index contributed by atoms with van der Waals surface area (Å²) in [5.41, 5.74) is 8.39. The van der Waals surface area contributed by atoms with Crippen LogP contribution in [0.3, 0.4) is 0 Å². The average molecular weight is 354 g/mol. The van der Waals surface area contributed by atoms with E-state index in [1.54, 1.807) is 11.8 Å². The van der Waals surface area contributed by atoms with Crippen molar-refractivity contribution in [3.05, 3.63) is 59.7 Å². The number of rotatable bonds is 4. The Morgan fingerprint density at radius 1 is 1.16 bits per heavy atom. The van der Waals surface area contributed by atoms with Gasteiger partial charge >= 0.3 is 0 Å². The summed E-state index contributed by atoms with van der Waals surface area (Å²) in [6.45, 7) is 4.02. The molecular weight excluding hydrogens is 332 g/mol. The summed E-state index contributed by atoms with van der Waals surface area (Å²) in [6.07, 6.45) is 0.563. The van der Waals surface area contributed by atoms with Gasteiger partial charge in [0.05, 0.1) is 11.7 Å². The van der Waals surface area contributed by atoms with Gasteiger partial charge in [0.15, 0.2) is 0 Å². The van der Waals surface area contributed by atoms with Gasteiger partial charge in [-0.3, -0.25) is 9.59 Å². The van der Waals surface area contributed by atoms with Crippen LogP contribution in [0.4, 0.5) is 5.69 Å². The second-order valence-electron chi connectivity index (χ2n) is 6.42. The van der Waals surface area contributed by atoms with Gasteiger partial charge in [-0.15, -0.1) is 11.8 Å². The molecule has 1 aliphatic rings. The van der Waals surface area contributed by atoms with Gasteiger partial charge in [-0.05, 0) is 43.5 Å². The Kier molecular flexibility index (Phi) is 5.13. The smallest absolute Gasteiger partial charge is 0.237 e. The molecule has 1 heterocycles. The fourth-order valence-corrected chi connectivity index (χ4v) is 4.28. The molecule has 0 radical (unpaired) electrons.